The number of H-pyrrole nitrogens is 1. The van der Waals surface area contributed by atoms with E-state index in [1.165, 1.54) is 4.68 Å². The van der Waals surface area contributed by atoms with Crippen LogP contribution in [0.4, 0.5) is 0 Å². The van der Waals surface area contributed by atoms with E-state index < -0.39 is 0 Å². The SMILES string of the molecule is C/C(=N/N=C(/C)c1c(C)[nH]n(-c2ccccc2)c1=O)c1ccc(Cl)cc1. The Morgan fingerprint density at radius 2 is 1.58 bits per heavy atom. The Labute approximate surface area is 156 Å². The molecule has 0 fully saturated rings. The third-order valence-corrected chi connectivity index (χ3v) is 4.31. The predicted octanol–water partition coefficient (Wildman–Crippen LogP) is 4.36. The molecule has 0 radical (unpaired) electrons. The highest BCUT2D eigenvalue weighted by Crippen LogP contribution is 2.11. The summed E-state index contributed by atoms with van der Waals surface area (Å²) in [5, 5.41) is 12.3. The molecule has 1 aromatic heterocycles. The largest absolute Gasteiger partial charge is 0.295 e. The first-order chi connectivity index (χ1) is 12.5. The molecule has 0 amide bonds. The van der Waals surface area contributed by atoms with Crippen LogP contribution in [0, 0.1) is 6.92 Å². The van der Waals surface area contributed by atoms with Gasteiger partial charge in [0.05, 0.1) is 22.7 Å². The number of halogens is 1. The normalized spacial score (nSPS) is 12.5. The number of aryl methyl sites for hydroxylation is 1. The van der Waals surface area contributed by atoms with Crippen LogP contribution >= 0.6 is 11.6 Å². The van der Waals surface area contributed by atoms with Gasteiger partial charge in [0.25, 0.3) is 5.56 Å². The van der Waals surface area contributed by atoms with Gasteiger partial charge in [-0.15, -0.1) is 0 Å². The number of nitrogens with one attached hydrogen (secondary N) is 1. The van der Waals surface area contributed by atoms with Gasteiger partial charge >= 0.3 is 0 Å². The summed E-state index contributed by atoms with van der Waals surface area (Å²) in [6.07, 6.45) is 0. The molecule has 3 aromatic rings. The quantitative estimate of drug-likeness (QED) is 0.541. The first-order valence-electron chi connectivity index (χ1n) is 8.19. The van der Waals surface area contributed by atoms with Crippen molar-refractivity contribution in [2.45, 2.75) is 20.8 Å². The van der Waals surface area contributed by atoms with Gasteiger partial charge in [0, 0.05) is 10.7 Å². The summed E-state index contributed by atoms with van der Waals surface area (Å²) >= 11 is 5.90. The zero-order valence-electron chi connectivity index (χ0n) is 14.8. The second-order valence-electron chi connectivity index (χ2n) is 5.97. The Kier molecular flexibility index (Phi) is 5.19. The molecule has 0 saturated heterocycles. The standard InChI is InChI=1S/C20H19ClN4O/c1-13(16-9-11-17(21)12-10-16)22-23-14(2)19-15(3)24-25(20(19)26)18-7-5-4-6-8-18/h4-12,24H,1-3H3/b22-13-,23-14-. The number of aromatic amines is 1. The molecule has 0 aliphatic carbocycles. The zero-order chi connectivity index (χ0) is 18.7. The van der Waals surface area contributed by atoms with E-state index in [1.54, 1.807) is 19.1 Å². The Balaban J connectivity index is 1.95. The summed E-state index contributed by atoms with van der Waals surface area (Å²) in [5.74, 6) is 0. The Hall–Kier alpha value is -2.92. The van der Waals surface area contributed by atoms with Crippen LogP contribution in [0.15, 0.2) is 69.6 Å². The number of hydrogen-bond acceptors (Lipinski definition) is 3. The van der Waals surface area contributed by atoms with Crippen LogP contribution in [0.25, 0.3) is 5.69 Å². The molecule has 2 aromatic carbocycles. The van der Waals surface area contributed by atoms with E-state index >= 15 is 0 Å². The van der Waals surface area contributed by atoms with Crippen LogP contribution in [0.1, 0.15) is 30.7 Å². The summed E-state index contributed by atoms with van der Waals surface area (Å²) in [5.41, 5.74) is 4.15. The lowest BCUT2D eigenvalue weighted by Crippen LogP contribution is -2.19. The van der Waals surface area contributed by atoms with Crippen LogP contribution in [0.3, 0.4) is 0 Å². The minimum atomic E-state index is -0.144. The molecule has 1 heterocycles. The Bertz CT molecular complexity index is 1030. The molecule has 26 heavy (non-hydrogen) atoms. The van der Waals surface area contributed by atoms with Crippen LogP contribution in [-0.2, 0) is 0 Å². The molecule has 132 valence electrons. The van der Waals surface area contributed by atoms with Crippen molar-refractivity contribution < 1.29 is 0 Å². The summed E-state index contributed by atoms with van der Waals surface area (Å²) in [6.45, 7) is 5.50. The maximum absolute atomic E-state index is 12.8. The van der Waals surface area contributed by atoms with Gasteiger partial charge in [0.15, 0.2) is 0 Å². The molecular formula is C20H19ClN4O. The van der Waals surface area contributed by atoms with Crippen molar-refractivity contribution in [2.75, 3.05) is 0 Å². The summed E-state index contributed by atoms with van der Waals surface area (Å²) < 4.78 is 1.51. The van der Waals surface area contributed by atoms with Crippen molar-refractivity contribution in [3.63, 3.8) is 0 Å². The molecule has 0 atom stereocenters. The van der Waals surface area contributed by atoms with Crippen molar-refractivity contribution in [3.05, 3.63) is 86.8 Å². The van der Waals surface area contributed by atoms with Gasteiger partial charge in [0.1, 0.15) is 0 Å². The highest BCUT2D eigenvalue weighted by molar-refractivity contribution is 6.30. The third-order valence-electron chi connectivity index (χ3n) is 4.06. The van der Waals surface area contributed by atoms with Crippen molar-refractivity contribution in [1.82, 2.24) is 9.78 Å². The zero-order valence-corrected chi connectivity index (χ0v) is 15.6. The fourth-order valence-corrected chi connectivity index (χ4v) is 2.81. The topological polar surface area (TPSA) is 62.5 Å². The van der Waals surface area contributed by atoms with E-state index in [4.69, 9.17) is 11.6 Å². The van der Waals surface area contributed by atoms with Gasteiger partial charge in [-0.1, -0.05) is 41.9 Å². The number of aromatic nitrogens is 2. The van der Waals surface area contributed by atoms with E-state index in [2.05, 4.69) is 15.3 Å². The van der Waals surface area contributed by atoms with E-state index in [9.17, 15) is 4.79 Å². The van der Waals surface area contributed by atoms with E-state index in [0.717, 1.165) is 22.7 Å². The molecule has 0 unspecified atom stereocenters. The number of rotatable bonds is 4. The fourth-order valence-electron chi connectivity index (χ4n) is 2.68. The summed E-state index contributed by atoms with van der Waals surface area (Å²) in [6, 6.07) is 16.8. The van der Waals surface area contributed by atoms with Gasteiger partial charge in [-0.3, -0.25) is 9.89 Å². The van der Waals surface area contributed by atoms with Crippen molar-refractivity contribution in [1.29, 1.82) is 0 Å². The fraction of sp³-hybridized carbons (Fsp3) is 0.150. The van der Waals surface area contributed by atoms with Crippen LogP contribution in [0.2, 0.25) is 5.02 Å². The van der Waals surface area contributed by atoms with Gasteiger partial charge in [-0.05, 0) is 50.6 Å². The maximum Gasteiger partial charge on any atom is 0.280 e. The summed E-state index contributed by atoms with van der Waals surface area (Å²) in [7, 11) is 0. The second kappa shape index (κ2) is 7.54. The smallest absolute Gasteiger partial charge is 0.280 e. The molecule has 0 bridgehead atoms. The van der Waals surface area contributed by atoms with E-state index in [1.807, 2.05) is 56.3 Å². The minimum Gasteiger partial charge on any atom is -0.295 e. The Morgan fingerprint density at radius 1 is 0.962 bits per heavy atom. The second-order valence-corrected chi connectivity index (χ2v) is 6.40. The van der Waals surface area contributed by atoms with Gasteiger partial charge in [-0.25, -0.2) is 4.68 Å². The first kappa shape index (κ1) is 17.9. The molecule has 0 saturated carbocycles. The summed E-state index contributed by atoms with van der Waals surface area (Å²) in [4.78, 5) is 12.8. The average Bonchev–Trinajstić information content (AvgIpc) is 2.95. The van der Waals surface area contributed by atoms with Crippen molar-refractivity contribution >= 4 is 23.0 Å². The number of para-hydroxylation sites is 1. The Morgan fingerprint density at radius 3 is 2.23 bits per heavy atom. The van der Waals surface area contributed by atoms with Crippen molar-refractivity contribution in [3.8, 4) is 5.69 Å². The molecule has 3 rings (SSSR count). The maximum atomic E-state index is 12.8. The predicted molar refractivity (Wildman–Crippen MR) is 107 cm³/mol. The molecule has 0 aliphatic rings. The molecular weight excluding hydrogens is 348 g/mol. The highest BCUT2D eigenvalue weighted by atomic mass is 35.5. The van der Waals surface area contributed by atoms with Gasteiger partial charge in [-0.2, -0.15) is 10.2 Å². The first-order valence-corrected chi connectivity index (χ1v) is 8.57. The number of hydrogen-bond donors (Lipinski definition) is 1. The molecule has 0 spiro atoms. The number of benzene rings is 2. The number of nitrogens with zero attached hydrogens (tertiary/aromatic N) is 3. The van der Waals surface area contributed by atoms with Crippen molar-refractivity contribution in [2.24, 2.45) is 10.2 Å². The van der Waals surface area contributed by atoms with E-state index in [-0.39, 0.29) is 5.56 Å². The van der Waals surface area contributed by atoms with Crippen LogP contribution in [0.5, 0.6) is 0 Å². The molecule has 0 aliphatic heterocycles. The molecule has 5 nitrogen and oxygen atoms in total. The van der Waals surface area contributed by atoms with Gasteiger partial charge in [0.2, 0.25) is 0 Å². The molecule has 6 heteroatoms. The lowest BCUT2D eigenvalue weighted by Gasteiger charge is -2.00. The lowest BCUT2D eigenvalue weighted by atomic mass is 10.1. The van der Waals surface area contributed by atoms with Gasteiger partial charge < -0.3 is 0 Å². The highest BCUT2D eigenvalue weighted by Gasteiger charge is 2.15. The lowest BCUT2D eigenvalue weighted by molar-refractivity contribution is 0.835. The monoisotopic (exact) mass is 366 g/mol. The van der Waals surface area contributed by atoms with Crippen LogP contribution in [-0.4, -0.2) is 21.2 Å². The minimum absolute atomic E-state index is 0.144. The average molecular weight is 367 g/mol. The van der Waals surface area contributed by atoms with E-state index in [0.29, 0.717) is 16.3 Å². The molecule has 1 N–H and O–H groups in total. The third kappa shape index (κ3) is 3.68. The van der Waals surface area contributed by atoms with Crippen LogP contribution < -0.4 is 5.56 Å².